The Bertz CT molecular complexity index is 730. The van der Waals surface area contributed by atoms with E-state index >= 15 is 0 Å². The van der Waals surface area contributed by atoms with Crippen LogP contribution in [0.5, 0.6) is 0 Å². The molecule has 0 radical (unpaired) electrons. The topological polar surface area (TPSA) is 103 Å². The molecule has 0 aromatic heterocycles. The molecule has 0 spiro atoms. The van der Waals surface area contributed by atoms with Crippen LogP contribution in [-0.2, 0) is 4.79 Å². The van der Waals surface area contributed by atoms with Crippen LogP contribution in [0, 0.1) is 11.8 Å². The average molecular weight is 402 g/mol. The van der Waals surface area contributed by atoms with Gasteiger partial charge in [-0.2, -0.15) is 0 Å². The van der Waals surface area contributed by atoms with Gasteiger partial charge in [-0.15, -0.1) is 0 Å². The zero-order valence-corrected chi connectivity index (χ0v) is 17.2. The monoisotopic (exact) mass is 401 g/mol. The van der Waals surface area contributed by atoms with E-state index in [2.05, 4.69) is 21.3 Å². The maximum Gasteiger partial charge on any atom is 0.321 e. The number of carbonyl (C=O) groups excluding carboxylic acids is 3. The molecule has 29 heavy (non-hydrogen) atoms. The number of nitrogens with one attached hydrogen (secondary N) is 4. The molecule has 4 N–H and O–H groups in total. The summed E-state index contributed by atoms with van der Waals surface area (Å²) in [5.74, 6) is 0.569. The second kappa shape index (κ2) is 9.62. The molecule has 1 heterocycles. The zero-order valence-electron chi connectivity index (χ0n) is 17.2. The normalized spacial score (nSPS) is 18.9. The molecule has 1 aliphatic carbocycles. The van der Waals surface area contributed by atoms with Gasteiger partial charge in [-0.3, -0.25) is 4.79 Å². The third-order valence-corrected chi connectivity index (χ3v) is 5.16. The first-order chi connectivity index (χ1) is 13.9. The van der Waals surface area contributed by atoms with Crippen LogP contribution in [0.25, 0.3) is 0 Å². The van der Waals surface area contributed by atoms with E-state index in [1.165, 1.54) is 12.8 Å². The number of likely N-dealkylation sites (tertiary alicyclic amines) is 1. The molecular formula is C21H31N5O3. The van der Waals surface area contributed by atoms with Gasteiger partial charge in [-0.1, -0.05) is 0 Å². The SMILES string of the molecule is CC(C)NC(=O)Nc1ccc(NC(=O)N2CCC[C@@H](C(=O)NCC3CC3)C2)cc1. The van der Waals surface area contributed by atoms with E-state index in [-0.39, 0.29) is 29.9 Å². The van der Waals surface area contributed by atoms with E-state index in [1.54, 1.807) is 29.2 Å². The van der Waals surface area contributed by atoms with E-state index in [1.807, 2.05) is 13.8 Å². The number of urea groups is 2. The Labute approximate surface area is 171 Å². The summed E-state index contributed by atoms with van der Waals surface area (Å²) in [7, 11) is 0. The fourth-order valence-corrected chi connectivity index (χ4v) is 3.36. The molecule has 2 aliphatic rings. The summed E-state index contributed by atoms with van der Waals surface area (Å²) in [5.41, 5.74) is 1.29. The summed E-state index contributed by atoms with van der Waals surface area (Å²) in [4.78, 5) is 38.4. The Morgan fingerprint density at radius 1 is 1.03 bits per heavy atom. The predicted molar refractivity (Wildman–Crippen MR) is 113 cm³/mol. The molecule has 5 amide bonds. The smallest absolute Gasteiger partial charge is 0.321 e. The van der Waals surface area contributed by atoms with Crippen molar-refractivity contribution in [2.45, 2.75) is 45.6 Å². The zero-order chi connectivity index (χ0) is 20.8. The highest BCUT2D eigenvalue weighted by Gasteiger charge is 2.30. The standard InChI is InChI=1S/C21H31N5O3/c1-14(2)23-20(28)24-17-7-9-18(10-8-17)25-21(29)26-11-3-4-16(13-26)19(27)22-12-15-5-6-15/h7-10,14-16H,3-6,11-13H2,1-2H3,(H,22,27)(H,25,29)(H2,23,24,28)/t16-/m1/s1. The predicted octanol–water partition coefficient (Wildman–Crippen LogP) is 2.99. The largest absolute Gasteiger partial charge is 0.356 e. The van der Waals surface area contributed by atoms with Gasteiger partial charge in [0.25, 0.3) is 0 Å². The molecule has 1 saturated carbocycles. The summed E-state index contributed by atoms with van der Waals surface area (Å²) in [6.07, 6.45) is 4.05. The third kappa shape index (κ3) is 6.66. The number of hydrogen-bond donors (Lipinski definition) is 4. The minimum atomic E-state index is -0.267. The van der Waals surface area contributed by atoms with Crippen LogP contribution < -0.4 is 21.3 Å². The molecule has 2 fully saturated rings. The molecule has 0 unspecified atom stereocenters. The number of hydrogen-bond acceptors (Lipinski definition) is 3. The van der Waals surface area contributed by atoms with Crippen LogP contribution in [0.15, 0.2) is 24.3 Å². The van der Waals surface area contributed by atoms with E-state index in [0.29, 0.717) is 30.4 Å². The molecule has 158 valence electrons. The molecule has 3 rings (SSSR count). The Morgan fingerprint density at radius 2 is 1.69 bits per heavy atom. The number of rotatable bonds is 6. The van der Waals surface area contributed by atoms with Gasteiger partial charge in [0.1, 0.15) is 0 Å². The third-order valence-electron chi connectivity index (χ3n) is 5.16. The summed E-state index contributed by atoms with van der Waals surface area (Å²) in [5, 5.41) is 11.4. The van der Waals surface area contributed by atoms with Crippen molar-refractivity contribution in [2.75, 3.05) is 30.3 Å². The maximum absolute atomic E-state index is 12.6. The van der Waals surface area contributed by atoms with Gasteiger partial charge in [0, 0.05) is 37.1 Å². The molecule has 1 aromatic carbocycles. The number of piperidine rings is 1. The van der Waals surface area contributed by atoms with E-state index in [9.17, 15) is 14.4 Å². The van der Waals surface area contributed by atoms with Crippen molar-refractivity contribution >= 4 is 29.3 Å². The first-order valence-electron chi connectivity index (χ1n) is 10.4. The molecule has 8 nitrogen and oxygen atoms in total. The van der Waals surface area contributed by atoms with Crippen molar-refractivity contribution < 1.29 is 14.4 Å². The minimum absolute atomic E-state index is 0.0534. The van der Waals surface area contributed by atoms with Crippen molar-refractivity contribution in [3.63, 3.8) is 0 Å². The summed E-state index contributed by atoms with van der Waals surface area (Å²) >= 11 is 0. The van der Waals surface area contributed by atoms with E-state index < -0.39 is 0 Å². The lowest BCUT2D eigenvalue weighted by atomic mass is 9.97. The lowest BCUT2D eigenvalue weighted by Gasteiger charge is -2.32. The first-order valence-corrected chi connectivity index (χ1v) is 10.4. The second-order valence-electron chi connectivity index (χ2n) is 8.23. The molecule has 1 aliphatic heterocycles. The Hall–Kier alpha value is -2.77. The number of benzene rings is 1. The number of amides is 5. The Balaban J connectivity index is 1.47. The Morgan fingerprint density at radius 3 is 2.31 bits per heavy atom. The number of carbonyl (C=O) groups is 3. The minimum Gasteiger partial charge on any atom is -0.356 e. The fourth-order valence-electron chi connectivity index (χ4n) is 3.36. The lowest BCUT2D eigenvalue weighted by Crippen LogP contribution is -2.47. The highest BCUT2D eigenvalue weighted by molar-refractivity contribution is 5.92. The molecule has 1 aromatic rings. The van der Waals surface area contributed by atoms with Crippen LogP contribution >= 0.6 is 0 Å². The molecule has 8 heteroatoms. The Kier molecular flexibility index (Phi) is 6.95. The number of anilines is 2. The van der Waals surface area contributed by atoms with Crippen LogP contribution in [-0.4, -0.2) is 48.5 Å². The second-order valence-corrected chi connectivity index (χ2v) is 8.23. The fraction of sp³-hybridized carbons (Fsp3) is 0.571. The molecular weight excluding hydrogens is 370 g/mol. The highest BCUT2D eigenvalue weighted by atomic mass is 16.2. The average Bonchev–Trinajstić information content (AvgIpc) is 3.51. The van der Waals surface area contributed by atoms with Gasteiger partial charge in [-0.25, -0.2) is 9.59 Å². The van der Waals surface area contributed by atoms with Crippen molar-refractivity contribution in [1.82, 2.24) is 15.5 Å². The van der Waals surface area contributed by atoms with Crippen molar-refractivity contribution in [3.05, 3.63) is 24.3 Å². The summed E-state index contributed by atoms with van der Waals surface area (Å²) in [6, 6.07) is 6.54. The maximum atomic E-state index is 12.6. The van der Waals surface area contributed by atoms with Gasteiger partial charge in [0.05, 0.1) is 5.92 Å². The molecule has 1 atom stereocenters. The van der Waals surface area contributed by atoms with Crippen LogP contribution in [0.4, 0.5) is 21.0 Å². The van der Waals surface area contributed by atoms with Gasteiger partial charge < -0.3 is 26.2 Å². The lowest BCUT2D eigenvalue weighted by molar-refractivity contribution is -0.126. The van der Waals surface area contributed by atoms with Gasteiger partial charge in [0.2, 0.25) is 5.91 Å². The number of nitrogens with zero attached hydrogens (tertiary/aromatic N) is 1. The van der Waals surface area contributed by atoms with E-state index in [4.69, 9.17) is 0 Å². The van der Waals surface area contributed by atoms with Crippen molar-refractivity contribution in [1.29, 1.82) is 0 Å². The van der Waals surface area contributed by atoms with Crippen LogP contribution in [0.2, 0.25) is 0 Å². The summed E-state index contributed by atoms with van der Waals surface area (Å²) < 4.78 is 0. The van der Waals surface area contributed by atoms with Crippen molar-refractivity contribution in [3.8, 4) is 0 Å². The van der Waals surface area contributed by atoms with Crippen LogP contribution in [0.1, 0.15) is 39.5 Å². The van der Waals surface area contributed by atoms with Gasteiger partial charge in [0.15, 0.2) is 0 Å². The molecule has 1 saturated heterocycles. The first kappa shape index (κ1) is 21.0. The quantitative estimate of drug-likeness (QED) is 0.589. The van der Waals surface area contributed by atoms with Crippen molar-refractivity contribution in [2.24, 2.45) is 11.8 Å². The van der Waals surface area contributed by atoms with Gasteiger partial charge in [-0.05, 0) is 69.7 Å². The van der Waals surface area contributed by atoms with Gasteiger partial charge >= 0.3 is 12.1 Å². The summed E-state index contributed by atoms with van der Waals surface area (Å²) in [6.45, 7) is 5.63. The highest BCUT2D eigenvalue weighted by Crippen LogP contribution is 2.28. The molecule has 0 bridgehead atoms. The van der Waals surface area contributed by atoms with E-state index in [0.717, 1.165) is 19.4 Å². The van der Waals surface area contributed by atoms with Crippen LogP contribution in [0.3, 0.4) is 0 Å².